The van der Waals surface area contributed by atoms with Gasteiger partial charge in [-0.2, -0.15) is 0 Å². The minimum atomic E-state index is 0.443. The highest BCUT2D eigenvalue weighted by molar-refractivity contribution is 4.88. The Balaban J connectivity index is 1.81. The number of hydrogen-bond acceptors (Lipinski definition) is 3. The highest BCUT2D eigenvalue weighted by atomic mass is 16.5. The molecule has 1 aliphatic carbocycles. The molecule has 3 nitrogen and oxygen atoms in total. The van der Waals surface area contributed by atoms with Crippen LogP contribution in [0.5, 0.6) is 0 Å². The second kappa shape index (κ2) is 6.17. The third kappa shape index (κ3) is 3.43. The third-order valence-corrected chi connectivity index (χ3v) is 4.60. The molecule has 0 amide bonds. The molecular weight excluding hydrogens is 212 g/mol. The molecule has 0 aromatic rings. The van der Waals surface area contributed by atoms with Crippen LogP contribution in [0.2, 0.25) is 0 Å². The van der Waals surface area contributed by atoms with Crippen molar-refractivity contribution in [2.75, 3.05) is 27.2 Å². The number of methoxy groups -OCH3 is 1. The van der Waals surface area contributed by atoms with Crippen LogP contribution in [-0.2, 0) is 4.74 Å². The standard InChI is InChI=1S/C14H28N2O/c1-11(12-6-5-9-16(2)10-12)15-13-7-4-8-14(13)17-3/h11-15H,4-10H2,1-3H3. The summed E-state index contributed by atoms with van der Waals surface area (Å²) in [7, 11) is 4.09. The van der Waals surface area contributed by atoms with E-state index in [4.69, 9.17) is 4.74 Å². The first-order valence-electron chi connectivity index (χ1n) is 7.18. The van der Waals surface area contributed by atoms with Crippen molar-refractivity contribution in [1.82, 2.24) is 10.2 Å². The van der Waals surface area contributed by atoms with Crippen LogP contribution in [0.15, 0.2) is 0 Å². The SMILES string of the molecule is COC1CCCC1NC(C)C1CCCN(C)C1. The van der Waals surface area contributed by atoms with Crippen molar-refractivity contribution in [1.29, 1.82) is 0 Å². The Kier molecular flexibility index (Phi) is 4.83. The fourth-order valence-electron chi connectivity index (χ4n) is 3.49. The average Bonchev–Trinajstić information content (AvgIpc) is 2.76. The monoisotopic (exact) mass is 240 g/mol. The molecule has 1 N–H and O–H groups in total. The van der Waals surface area contributed by atoms with Crippen molar-refractivity contribution in [3.8, 4) is 0 Å². The van der Waals surface area contributed by atoms with Crippen LogP contribution in [0.1, 0.15) is 39.0 Å². The second-order valence-corrected chi connectivity index (χ2v) is 5.93. The van der Waals surface area contributed by atoms with Crippen molar-refractivity contribution >= 4 is 0 Å². The maximum atomic E-state index is 5.56. The molecule has 2 fully saturated rings. The first-order valence-corrected chi connectivity index (χ1v) is 7.18. The van der Waals surface area contributed by atoms with Gasteiger partial charge < -0.3 is 15.0 Å². The Labute approximate surface area is 106 Å². The smallest absolute Gasteiger partial charge is 0.0724 e. The molecule has 2 rings (SSSR count). The third-order valence-electron chi connectivity index (χ3n) is 4.60. The van der Waals surface area contributed by atoms with E-state index in [1.807, 2.05) is 7.11 Å². The normalized spacial score (nSPS) is 37.2. The van der Waals surface area contributed by atoms with Gasteiger partial charge in [0.15, 0.2) is 0 Å². The fraction of sp³-hybridized carbons (Fsp3) is 1.00. The molecule has 4 unspecified atom stereocenters. The predicted octanol–water partition coefficient (Wildman–Crippen LogP) is 1.87. The number of nitrogens with one attached hydrogen (secondary N) is 1. The summed E-state index contributed by atoms with van der Waals surface area (Å²) in [4.78, 5) is 2.47. The van der Waals surface area contributed by atoms with Gasteiger partial charge in [0.25, 0.3) is 0 Å². The van der Waals surface area contributed by atoms with Gasteiger partial charge in [0, 0.05) is 25.7 Å². The van der Waals surface area contributed by atoms with E-state index in [0.717, 1.165) is 5.92 Å². The zero-order chi connectivity index (χ0) is 12.3. The van der Waals surface area contributed by atoms with E-state index in [2.05, 4.69) is 24.2 Å². The summed E-state index contributed by atoms with van der Waals surface area (Å²) in [5.74, 6) is 0.812. The highest BCUT2D eigenvalue weighted by Crippen LogP contribution is 2.24. The van der Waals surface area contributed by atoms with Gasteiger partial charge in [0.05, 0.1) is 6.10 Å². The Morgan fingerprint density at radius 2 is 2.06 bits per heavy atom. The van der Waals surface area contributed by atoms with E-state index in [0.29, 0.717) is 18.2 Å². The Morgan fingerprint density at radius 3 is 2.76 bits per heavy atom. The lowest BCUT2D eigenvalue weighted by molar-refractivity contribution is 0.0745. The van der Waals surface area contributed by atoms with E-state index in [9.17, 15) is 0 Å². The quantitative estimate of drug-likeness (QED) is 0.812. The van der Waals surface area contributed by atoms with Gasteiger partial charge in [0.1, 0.15) is 0 Å². The first kappa shape index (κ1) is 13.3. The maximum absolute atomic E-state index is 5.56. The first-order chi connectivity index (χ1) is 8.20. The van der Waals surface area contributed by atoms with Crippen LogP contribution in [-0.4, -0.2) is 50.3 Å². The van der Waals surface area contributed by atoms with Crippen LogP contribution in [0.4, 0.5) is 0 Å². The maximum Gasteiger partial charge on any atom is 0.0724 e. The van der Waals surface area contributed by atoms with Crippen LogP contribution in [0.3, 0.4) is 0 Å². The van der Waals surface area contributed by atoms with Crippen molar-refractivity contribution in [3.63, 3.8) is 0 Å². The van der Waals surface area contributed by atoms with Crippen LogP contribution >= 0.6 is 0 Å². The average molecular weight is 240 g/mol. The van der Waals surface area contributed by atoms with Gasteiger partial charge in [-0.15, -0.1) is 0 Å². The molecule has 0 bridgehead atoms. The Hall–Kier alpha value is -0.120. The lowest BCUT2D eigenvalue weighted by Gasteiger charge is -2.36. The van der Waals surface area contributed by atoms with E-state index >= 15 is 0 Å². The molecule has 0 radical (unpaired) electrons. The molecule has 0 aromatic heterocycles. The van der Waals surface area contributed by atoms with Crippen LogP contribution in [0, 0.1) is 5.92 Å². The van der Waals surface area contributed by atoms with Gasteiger partial charge in [-0.1, -0.05) is 0 Å². The van der Waals surface area contributed by atoms with Gasteiger partial charge >= 0.3 is 0 Å². The minimum Gasteiger partial charge on any atom is -0.380 e. The second-order valence-electron chi connectivity index (χ2n) is 5.93. The number of piperidine rings is 1. The van der Waals surface area contributed by atoms with Gasteiger partial charge in [-0.3, -0.25) is 0 Å². The molecule has 1 saturated carbocycles. The fourth-order valence-corrected chi connectivity index (χ4v) is 3.49. The van der Waals surface area contributed by atoms with E-state index in [-0.39, 0.29) is 0 Å². The molecule has 0 spiro atoms. The molecule has 1 aliphatic heterocycles. The van der Waals surface area contributed by atoms with Crippen molar-refractivity contribution in [2.24, 2.45) is 5.92 Å². The lowest BCUT2D eigenvalue weighted by Crippen LogP contribution is -2.49. The zero-order valence-electron chi connectivity index (χ0n) is 11.6. The lowest BCUT2D eigenvalue weighted by atomic mass is 9.91. The number of hydrogen-bond donors (Lipinski definition) is 1. The molecule has 1 saturated heterocycles. The minimum absolute atomic E-state index is 0.443. The summed E-state index contributed by atoms with van der Waals surface area (Å²) in [6.45, 7) is 4.88. The van der Waals surface area contributed by atoms with Gasteiger partial charge in [-0.25, -0.2) is 0 Å². The van der Waals surface area contributed by atoms with E-state index in [1.165, 1.54) is 45.2 Å². The topological polar surface area (TPSA) is 24.5 Å². The number of likely N-dealkylation sites (tertiary alicyclic amines) is 1. The molecule has 100 valence electrons. The van der Waals surface area contributed by atoms with Crippen LogP contribution < -0.4 is 5.32 Å². The summed E-state index contributed by atoms with van der Waals surface area (Å²) in [6, 6.07) is 1.21. The predicted molar refractivity (Wildman–Crippen MR) is 71.3 cm³/mol. The molecular formula is C14H28N2O. The summed E-state index contributed by atoms with van der Waals surface area (Å²) in [5, 5.41) is 3.82. The number of nitrogens with zero attached hydrogens (tertiary/aromatic N) is 1. The highest BCUT2D eigenvalue weighted by Gasteiger charge is 2.30. The van der Waals surface area contributed by atoms with Crippen LogP contribution in [0.25, 0.3) is 0 Å². The van der Waals surface area contributed by atoms with E-state index < -0.39 is 0 Å². The Bertz CT molecular complexity index is 234. The molecule has 1 heterocycles. The zero-order valence-corrected chi connectivity index (χ0v) is 11.6. The summed E-state index contributed by atoms with van der Waals surface area (Å²) in [5.41, 5.74) is 0. The van der Waals surface area contributed by atoms with Crippen molar-refractivity contribution in [3.05, 3.63) is 0 Å². The summed E-state index contributed by atoms with van der Waals surface area (Å²) in [6.07, 6.45) is 7.00. The van der Waals surface area contributed by atoms with Crippen molar-refractivity contribution < 1.29 is 4.74 Å². The van der Waals surface area contributed by atoms with Gasteiger partial charge in [0.2, 0.25) is 0 Å². The molecule has 2 aliphatic rings. The number of rotatable bonds is 4. The van der Waals surface area contributed by atoms with E-state index in [1.54, 1.807) is 0 Å². The molecule has 4 atom stereocenters. The molecule has 17 heavy (non-hydrogen) atoms. The summed E-state index contributed by atoms with van der Waals surface area (Å²) < 4.78 is 5.56. The molecule has 3 heteroatoms. The van der Waals surface area contributed by atoms with Gasteiger partial charge in [-0.05, 0) is 58.5 Å². The largest absolute Gasteiger partial charge is 0.380 e. The van der Waals surface area contributed by atoms with Crippen molar-refractivity contribution in [2.45, 2.75) is 57.2 Å². The Morgan fingerprint density at radius 1 is 1.24 bits per heavy atom. The molecule has 0 aromatic carbocycles. The number of ether oxygens (including phenoxy) is 1. The summed E-state index contributed by atoms with van der Waals surface area (Å²) >= 11 is 0.